The van der Waals surface area contributed by atoms with Crippen LogP contribution in [-0.4, -0.2) is 9.78 Å². The third kappa shape index (κ3) is 3.17. The Kier molecular flexibility index (Phi) is 4.61. The molecule has 1 unspecified atom stereocenters. The van der Waals surface area contributed by atoms with Crippen molar-refractivity contribution in [2.24, 2.45) is 5.73 Å². The summed E-state index contributed by atoms with van der Waals surface area (Å²) in [6.07, 6.45) is 1.70. The molecule has 102 valence electrons. The van der Waals surface area contributed by atoms with Crippen LogP contribution in [0.15, 0.2) is 30.3 Å². The lowest BCUT2D eigenvalue weighted by atomic mass is 10.0. The van der Waals surface area contributed by atoms with E-state index in [4.69, 9.17) is 17.3 Å². The van der Waals surface area contributed by atoms with Crippen molar-refractivity contribution in [3.8, 4) is 0 Å². The number of aromatic nitrogens is 2. The summed E-state index contributed by atoms with van der Waals surface area (Å²) in [5, 5.41) is 5.27. The molecule has 0 aliphatic rings. The SMILES string of the molecule is CCc1cc(CC(N)c2ccccc2Cl)n(CC)n1. The minimum Gasteiger partial charge on any atom is -0.324 e. The van der Waals surface area contributed by atoms with Gasteiger partial charge in [0.2, 0.25) is 0 Å². The van der Waals surface area contributed by atoms with E-state index in [1.54, 1.807) is 0 Å². The molecule has 1 heterocycles. The van der Waals surface area contributed by atoms with E-state index < -0.39 is 0 Å². The maximum Gasteiger partial charge on any atom is 0.0624 e. The zero-order chi connectivity index (χ0) is 13.8. The topological polar surface area (TPSA) is 43.8 Å². The second kappa shape index (κ2) is 6.22. The van der Waals surface area contributed by atoms with Crippen molar-refractivity contribution < 1.29 is 0 Å². The standard InChI is InChI=1S/C15H20ClN3/c1-3-11-9-12(19(4-2)18-11)10-15(17)13-7-5-6-8-14(13)16/h5-9,15H,3-4,10,17H2,1-2H3. The zero-order valence-electron chi connectivity index (χ0n) is 11.4. The van der Waals surface area contributed by atoms with Gasteiger partial charge in [-0.2, -0.15) is 5.10 Å². The van der Waals surface area contributed by atoms with Gasteiger partial charge in [-0.15, -0.1) is 0 Å². The maximum absolute atomic E-state index is 6.28. The molecule has 0 spiro atoms. The van der Waals surface area contributed by atoms with Crippen LogP contribution < -0.4 is 5.73 Å². The first kappa shape index (κ1) is 14.1. The minimum absolute atomic E-state index is 0.0968. The van der Waals surface area contributed by atoms with Gasteiger partial charge in [0.15, 0.2) is 0 Å². The molecule has 19 heavy (non-hydrogen) atoms. The zero-order valence-corrected chi connectivity index (χ0v) is 12.2. The highest BCUT2D eigenvalue weighted by Crippen LogP contribution is 2.24. The Morgan fingerprint density at radius 2 is 2.05 bits per heavy atom. The van der Waals surface area contributed by atoms with Crippen LogP contribution in [0.5, 0.6) is 0 Å². The molecule has 2 N–H and O–H groups in total. The van der Waals surface area contributed by atoms with Gasteiger partial charge >= 0.3 is 0 Å². The Labute approximate surface area is 119 Å². The fourth-order valence-corrected chi connectivity index (χ4v) is 2.51. The highest BCUT2D eigenvalue weighted by Gasteiger charge is 2.14. The Morgan fingerprint density at radius 1 is 1.32 bits per heavy atom. The van der Waals surface area contributed by atoms with Gasteiger partial charge in [0, 0.05) is 29.7 Å². The highest BCUT2D eigenvalue weighted by molar-refractivity contribution is 6.31. The molecule has 1 aromatic carbocycles. The molecule has 2 aromatic rings. The number of rotatable bonds is 5. The van der Waals surface area contributed by atoms with Crippen LogP contribution in [0.2, 0.25) is 5.02 Å². The van der Waals surface area contributed by atoms with Crippen molar-refractivity contribution in [3.63, 3.8) is 0 Å². The first-order valence-electron chi connectivity index (χ1n) is 6.71. The van der Waals surface area contributed by atoms with Crippen molar-refractivity contribution >= 4 is 11.6 Å². The van der Waals surface area contributed by atoms with Crippen LogP contribution in [-0.2, 0) is 19.4 Å². The van der Waals surface area contributed by atoms with E-state index >= 15 is 0 Å². The Morgan fingerprint density at radius 3 is 2.68 bits per heavy atom. The second-order valence-electron chi connectivity index (χ2n) is 4.63. The van der Waals surface area contributed by atoms with E-state index in [1.807, 2.05) is 28.9 Å². The van der Waals surface area contributed by atoms with E-state index in [2.05, 4.69) is 25.0 Å². The van der Waals surface area contributed by atoms with Crippen LogP contribution in [0.25, 0.3) is 0 Å². The average Bonchev–Trinajstić information content (AvgIpc) is 2.81. The van der Waals surface area contributed by atoms with Crippen LogP contribution in [0, 0.1) is 0 Å². The molecule has 1 atom stereocenters. The summed E-state index contributed by atoms with van der Waals surface area (Å²) in [5.41, 5.74) is 9.56. The lowest BCUT2D eigenvalue weighted by molar-refractivity contribution is 0.585. The Hall–Kier alpha value is -1.32. The number of halogens is 1. The third-order valence-corrected chi connectivity index (χ3v) is 3.65. The summed E-state index contributed by atoms with van der Waals surface area (Å²) in [6.45, 7) is 5.07. The van der Waals surface area contributed by atoms with Crippen molar-refractivity contribution in [3.05, 3.63) is 52.3 Å². The summed E-state index contributed by atoms with van der Waals surface area (Å²) in [6, 6.07) is 9.80. The molecular formula is C15H20ClN3. The number of nitrogens with two attached hydrogens (primary N) is 1. The second-order valence-corrected chi connectivity index (χ2v) is 5.04. The third-order valence-electron chi connectivity index (χ3n) is 3.31. The van der Waals surface area contributed by atoms with Crippen molar-refractivity contribution in [2.75, 3.05) is 0 Å². The van der Waals surface area contributed by atoms with Gasteiger partial charge in [-0.05, 0) is 31.0 Å². The number of nitrogens with zero attached hydrogens (tertiary/aromatic N) is 2. The number of benzene rings is 1. The summed E-state index contributed by atoms with van der Waals surface area (Å²) in [4.78, 5) is 0. The van der Waals surface area contributed by atoms with Crippen LogP contribution >= 0.6 is 11.6 Å². The summed E-state index contributed by atoms with van der Waals surface area (Å²) in [5.74, 6) is 0. The van der Waals surface area contributed by atoms with Gasteiger partial charge in [-0.1, -0.05) is 36.7 Å². The fraction of sp³-hybridized carbons (Fsp3) is 0.400. The largest absolute Gasteiger partial charge is 0.324 e. The maximum atomic E-state index is 6.28. The molecule has 0 aliphatic heterocycles. The molecule has 0 aliphatic carbocycles. The number of hydrogen-bond acceptors (Lipinski definition) is 2. The normalized spacial score (nSPS) is 12.6. The van der Waals surface area contributed by atoms with Gasteiger partial charge in [-0.3, -0.25) is 4.68 Å². The molecule has 0 saturated heterocycles. The smallest absolute Gasteiger partial charge is 0.0624 e. The molecule has 4 heteroatoms. The van der Waals surface area contributed by atoms with Crippen LogP contribution in [0.4, 0.5) is 0 Å². The molecule has 3 nitrogen and oxygen atoms in total. The van der Waals surface area contributed by atoms with E-state index in [0.29, 0.717) is 0 Å². The van der Waals surface area contributed by atoms with E-state index in [1.165, 1.54) is 5.69 Å². The molecule has 0 saturated carbocycles. The molecule has 2 rings (SSSR count). The van der Waals surface area contributed by atoms with E-state index in [-0.39, 0.29) is 6.04 Å². The van der Waals surface area contributed by atoms with Gasteiger partial charge in [0.25, 0.3) is 0 Å². The highest BCUT2D eigenvalue weighted by atomic mass is 35.5. The predicted octanol–water partition coefficient (Wildman–Crippen LogP) is 3.36. The summed E-state index contributed by atoms with van der Waals surface area (Å²) >= 11 is 6.19. The van der Waals surface area contributed by atoms with Crippen molar-refractivity contribution in [2.45, 2.75) is 39.3 Å². The summed E-state index contributed by atoms with van der Waals surface area (Å²) < 4.78 is 2.02. The predicted molar refractivity (Wildman–Crippen MR) is 79.4 cm³/mol. The first-order valence-corrected chi connectivity index (χ1v) is 7.09. The lowest BCUT2D eigenvalue weighted by Crippen LogP contribution is -2.16. The van der Waals surface area contributed by atoms with Gasteiger partial charge in [-0.25, -0.2) is 0 Å². The molecule has 0 fully saturated rings. The molecule has 0 bridgehead atoms. The van der Waals surface area contributed by atoms with Crippen molar-refractivity contribution in [1.82, 2.24) is 9.78 Å². The van der Waals surface area contributed by atoms with Crippen molar-refractivity contribution in [1.29, 1.82) is 0 Å². The number of hydrogen-bond donors (Lipinski definition) is 1. The Balaban J connectivity index is 2.21. The fourth-order valence-electron chi connectivity index (χ4n) is 2.24. The quantitative estimate of drug-likeness (QED) is 0.911. The average molecular weight is 278 g/mol. The van der Waals surface area contributed by atoms with Crippen LogP contribution in [0.3, 0.4) is 0 Å². The Bertz CT molecular complexity index is 548. The van der Waals surface area contributed by atoms with Gasteiger partial charge in [0.05, 0.1) is 5.69 Å². The monoisotopic (exact) mass is 277 g/mol. The van der Waals surface area contributed by atoms with E-state index in [9.17, 15) is 0 Å². The van der Waals surface area contributed by atoms with Crippen LogP contribution in [0.1, 0.15) is 36.8 Å². The van der Waals surface area contributed by atoms with Gasteiger partial charge in [0.1, 0.15) is 0 Å². The van der Waals surface area contributed by atoms with Gasteiger partial charge < -0.3 is 5.73 Å². The molecular weight excluding hydrogens is 258 g/mol. The summed E-state index contributed by atoms with van der Waals surface area (Å²) in [7, 11) is 0. The molecule has 0 amide bonds. The number of aryl methyl sites for hydroxylation is 2. The minimum atomic E-state index is -0.0968. The van der Waals surface area contributed by atoms with E-state index in [0.717, 1.165) is 35.7 Å². The lowest BCUT2D eigenvalue weighted by Gasteiger charge is -2.14. The molecule has 0 radical (unpaired) electrons. The molecule has 1 aromatic heterocycles. The first-order chi connectivity index (χ1) is 9.15.